The summed E-state index contributed by atoms with van der Waals surface area (Å²) in [6.45, 7) is 7.80. The smallest absolute Gasteiger partial charge is 0.264 e. The van der Waals surface area contributed by atoms with Gasteiger partial charge in [0, 0.05) is 37.6 Å². The van der Waals surface area contributed by atoms with E-state index in [4.69, 9.17) is 0 Å². The minimum absolute atomic E-state index is 0.0380. The van der Waals surface area contributed by atoms with Crippen LogP contribution in [0.15, 0.2) is 22.3 Å². The first-order valence-corrected chi connectivity index (χ1v) is 13.0. The summed E-state index contributed by atoms with van der Waals surface area (Å²) in [5.41, 5.74) is 0.920. The lowest BCUT2D eigenvalue weighted by Crippen LogP contribution is -2.54. The highest BCUT2D eigenvalue weighted by atomic mass is 32.1. The number of thiophene rings is 2. The Labute approximate surface area is 199 Å². The highest BCUT2D eigenvalue weighted by Crippen LogP contribution is 2.26. The average molecular weight is 486 g/mol. The Hall–Kier alpha value is -2.56. The third kappa shape index (κ3) is 4.22. The van der Waals surface area contributed by atoms with Crippen molar-refractivity contribution in [2.75, 3.05) is 32.7 Å². The van der Waals surface area contributed by atoms with E-state index in [0.29, 0.717) is 55.4 Å². The normalized spacial score (nSPS) is 19.5. The standard InChI is InChI=1S/C23H27N5O3S2/c1-14-15(2)33-21-19(14)20(29)24-18(25-21)13-26-8-10-27(11-9-26)22(30)16-5-3-7-28(16)23(31)17-6-4-12-32-17/h4,6,12,16H,3,5,7-11,13H2,1-2H3,(H,24,25,29)/t16-/m1/s1. The van der Waals surface area contributed by atoms with Crippen molar-refractivity contribution in [2.24, 2.45) is 0 Å². The zero-order valence-electron chi connectivity index (χ0n) is 18.8. The van der Waals surface area contributed by atoms with Gasteiger partial charge in [-0.1, -0.05) is 6.07 Å². The molecule has 0 aliphatic carbocycles. The first kappa shape index (κ1) is 22.2. The Balaban J connectivity index is 1.21. The quantitative estimate of drug-likeness (QED) is 0.614. The van der Waals surface area contributed by atoms with Gasteiger partial charge in [0.25, 0.3) is 11.5 Å². The number of nitrogens with zero attached hydrogens (tertiary/aromatic N) is 4. The first-order chi connectivity index (χ1) is 15.9. The van der Waals surface area contributed by atoms with Crippen LogP contribution in [0.5, 0.6) is 0 Å². The number of carbonyl (C=O) groups excluding carboxylic acids is 2. The van der Waals surface area contributed by atoms with Gasteiger partial charge in [-0.05, 0) is 43.7 Å². The van der Waals surface area contributed by atoms with E-state index in [1.807, 2.05) is 36.3 Å². The van der Waals surface area contributed by atoms with E-state index in [2.05, 4.69) is 14.9 Å². The monoisotopic (exact) mass is 485 g/mol. The maximum Gasteiger partial charge on any atom is 0.264 e. The number of aryl methyl sites for hydroxylation is 2. The number of nitrogens with one attached hydrogen (secondary N) is 1. The number of piperazine rings is 1. The van der Waals surface area contributed by atoms with Gasteiger partial charge in [0.15, 0.2) is 0 Å². The summed E-state index contributed by atoms with van der Waals surface area (Å²) >= 11 is 2.97. The molecule has 2 aliphatic rings. The molecule has 5 rings (SSSR count). The van der Waals surface area contributed by atoms with Crippen LogP contribution in [0.2, 0.25) is 0 Å². The fourth-order valence-corrected chi connectivity index (χ4v) is 6.46. The molecule has 2 fully saturated rings. The number of likely N-dealkylation sites (tertiary alicyclic amines) is 1. The maximum atomic E-state index is 13.2. The second kappa shape index (κ2) is 9.00. The number of carbonyl (C=O) groups is 2. The van der Waals surface area contributed by atoms with Crippen LogP contribution < -0.4 is 5.56 Å². The number of hydrogen-bond acceptors (Lipinski definition) is 7. The Morgan fingerprint density at radius 1 is 1.18 bits per heavy atom. The summed E-state index contributed by atoms with van der Waals surface area (Å²) in [6.07, 6.45) is 1.58. The molecule has 8 nitrogen and oxygen atoms in total. The van der Waals surface area contributed by atoms with Gasteiger partial charge in [-0.15, -0.1) is 22.7 Å². The van der Waals surface area contributed by atoms with Crippen LogP contribution in [-0.2, 0) is 11.3 Å². The molecule has 0 bridgehead atoms. The van der Waals surface area contributed by atoms with E-state index in [0.717, 1.165) is 28.1 Å². The lowest BCUT2D eigenvalue weighted by molar-refractivity contribution is -0.137. The summed E-state index contributed by atoms with van der Waals surface area (Å²) in [5, 5.41) is 2.58. The molecule has 2 aliphatic heterocycles. The van der Waals surface area contributed by atoms with Gasteiger partial charge >= 0.3 is 0 Å². The van der Waals surface area contributed by atoms with Crippen molar-refractivity contribution in [1.29, 1.82) is 0 Å². The first-order valence-electron chi connectivity index (χ1n) is 11.3. The van der Waals surface area contributed by atoms with Gasteiger partial charge in [-0.25, -0.2) is 4.98 Å². The van der Waals surface area contributed by atoms with Gasteiger partial charge in [-0.3, -0.25) is 19.3 Å². The van der Waals surface area contributed by atoms with Crippen molar-refractivity contribution in [3.63, 3.8) is 0 Å². The van der Waals surface area contributed by atoms with E-state index < -0.39 is 0 Å². The van der Waals surface area contributed by atoms with E-state index in [9.17, 15) is 14.4 Å². The third-order valence-electron chi connectivity index (χ3n) is 6.68. The fraction of sp³-hybridized carbons (Fsp3) is 0.478. The van der Waals surface area contributed by atoms with Crippen LogP contribution in [0.1, 0.15) is 38.8 Å². The number of rotatable bonds is 4. The van der Waals surface area contributed by atoms with Gasteiger partial charge in [0.1, 0.15) is 16.7 Å². The SMILES string of the molecule is Cc1sc2nc(CN3CCN(C(=O)[C@H]4CCCN4C(=O)c4cccs4)CC3)[nH]c(=O)c2c1C. The van der Waals surface area contributed by atoms with Crippen LogP contribution in [0.4, 0.5) is 0 Å². The highest BCUT2D eigenvalue weighted by molar-refractivity contribution is 7.18. The lowest BCUT2D eigenvalue weighted by Gasteiger charge is -2.37. The van der Waals surface area contributed by atoms with Crippen molar-refractivity contribution in [3.8, 4) is 0 Å². The molecular formula is C23H27N5O3S2. The molecule has 33 heavy (non-hydrogen) atoms. The van der Waals surface area contributed by atoms with Gasteiger partial charge in [0.05, 0.1) is 16.8 Å². The van der Waals surface area contributed by atoms with E-state index in [-0.39, 0.29) is 23.4 Å². The Bertz CT molecular complexity index is 1240. The molecular weight excluding hydrogens is 458 g/mol. The summed E-state index contributed by atoms with van der Waals surface area (Å²) in [4.78, 5) is 54.7. The Morgan fingerprint density at radius 3 is 2.70 bits per heavy atom. The predicted octanol–water partition coefficient (Wildman–Crippen LogP) is 2.61. The fourth-order valence-electron chi connectivity index (χ4n) is 4.73. The minimum Gasteiger partial charge on any atom is -0.338 e. The second-order valence-corrected chi connectivity index (χ2v) is 10.9. The molecule has 0 radical (unpaired) electrons. The largest absolute Gasteiger partial charge is 0.338 e. The van der Waals surface area contributed by atoms with Crippen LogP contribution in [0, 0.1) is 13.8 Å². The van der Waals surface area contributed by atoms with Crippen LogP contribution in [0.3, 0.4) is 0 Å². The van der Waals surface area contributed by atoms with E-state index in [1.165, 1.54) is 11.3 Å². The van der Waals surface area contributed by atoms with Crippen LogP contribution in [0.25, 0.3) is 10.2 Å². The molecule has 0 spiro atoms. The molecule has 0 aromatic carbocycles. The molecule has 5 heterocycles. The number of aromatic nitrogens is 2. The Morgan fingerprint density at radius 2 is 1.97 bits per heavy atom. The molecule has 3 aromatic rings. The molecule has 174 valence electrons. The van der Waals surface area contributed by atoms with Crippen LogP contribution >= 0.6 is 22.7 Å². The maximum absolute atomic E-state index is 13.2. The van der Waals surface area contributed by atoms with Crippen molar-refractivity contribution in [1.82, 2.24) is 24.7 Å². The van der Waals surface area contributed by atoms with Crippen molar-refractivity contribution >= 4 is 44.7 Å². The second-order valence-electron chi connectivity index (χ2n) is 8.71. The molecule has 1 atom stereocenters. The van der Waals surface area contributed by atoms with Crippen molar-refractivity contribution in [3.05, 3.63) is 49.0 Å². The van der Waals surface area contributed by atoms with E-state index >= 15 is 0 Å². The predicted molar refractivity (Wildman–Crippen MR) is 130 cm³/mol. The summed E-state index contributed by atoms with van der Waals surface area (Å²) in [6, 6.07) is 3.32. The zero-order valence-corrected chi connectivity index (χ0v) is 20.4. The lowest BCUT2D eigenvalue weighted by atomic mass is 10.1. The summed E-state index contributed by atoms with van der Waals surface area (Å²) < 4.78 is 0. The number of H-pyrrole nitrogens is 1. The molecule has 10 heteroatoms. The molecule has 0 unspecified atom stereocenters. The third-order valence-corrected chi connectivity index (χ3v) is 8.64. The van der Waals surface area contributed by atoms with Gasteiger partial charge in [-0.2, -0.15) is 0 Å². The number of amides is 2. The molecule has 1 N–H and O–H groups in total. The average Bonchev–Trinajstić information content (AvgIpc) is 3.55. The molecule has 2 amide bonds. The molecule has 3 aromatic heterocycles. The van der Waals surface area contributed by atoms with E-state index in [1.54, 1.807) is 16.2 Å². The molecule has 0 saturated carbocycles. The number of aromatic amines is 1. The number of hydrogen-bond donors (Lipinski definition) is 1. The van der Waals surface area contributed by atoms with Gasteiger partial charge < -0.3 is 14.8 Å². The van der Waals surface area contributed by atoms with Crippen molar-refractivity contribution < 1.29 is 9.59 Å². The highest BCUT2D eigenvalue weighted by Gasteiger charge is 2.38. The number of fused-ring (bicyclic) bond motifs is 1. The molecule has 2 saturated heterocycles. The van der Waals surface area contributed by atoms with Crippen molar-refractivity contribution in [2.45, 2.75) is 39.3 Å². The van der Waals surface area contributed by atoms with Gasteiger partial charge in [0.2, 0.25) is 5.91 Å². The zero-order chi connectivity index (χ0) is 23.1. The summed E-state index contributed by atoms with van der Waals surface area (Å²) in [5.74, 6) is 0.676. The minimum atomic E-state index is -0.364. The summed E-state index contributed by atoms with van der Waals surface area (Å²) in [7, 11) is 0. The topological polar surface area (TPSA) is 89.6 Å². The van der Waals surface area contributed by atoms with Crippen LogP contribution in [-0.4, -0.2) is 75.2 Å². The Kier molecular flexibility index (Phi) is 6.07.